The third-order valence-corrected chi connectivity index (χ3v) is 5.11. The topological polar surface area (TPSA) is 65.2 Å². The van der Waals surface area contributed by atoms with Crippen LogP contribution in [0, 0.1) is 13.8 Å². The summed E-state index contributed by atoms with van der Waals surface area (Å²) in [5, 5.41) is 7.75. The number of rotatable bonds is 6. The fourth-order valence-electron chi connectivity index (χ4n) is 2.10. The van der Waals surface area contributed by atoms with E-state index in [1.165, 1.54) is 17.3 Å². The Bertz CT molecular complexity index is 828. The van der Waals surface area contributed by atoms with Crippen LogP contribution in [0.1, 0.15) is 17.0 Å². The number of aromatic nitrogens is 2. The van der Waals surface area contributed by atoms with Crippen LogP contribution in [-0.4, -0.2) is 21.9 Å². The number of carbonyl (C=O) groups is 1. The summed E-state index contributed by atoms with van der Waals surface area (Å²) in [5.41, 5.74) is 3.26. The summed E-state index contributed by atoms with van der Waals surface area (Å²) in [5.74, 6) is 0.735. The van der Waals surface area contributed by atoms with Crippen LogP contribution in [0.4, 0.5) is 0 Å². The number of hydrogen-bond acceptors (Lipinski definition) is 7. The molecule has 0 saturated carbocycles. The number of ether oxygens (including phenoxy) is 1. The molecule has 2 aromatic heterocycles. The molecule has 0 unspecified atom stereocenters. The van der Waals surface area contributed by atoms with Crippen molar-refractivity contribution in [3.63, 3.8) is 0 Å². The second-order valence-electron chi connectivity index (χ2n) is 5.24. The monoisotopic (exact) mass is 360 g/mol. The average molecular weight is 360 g/mol. The summed E-state index contributed by atoms with van der Waals surface area (Å²) >= 11 is 3.02. The van der Waals surface area contributed by atoms with E-state index in [1.807, 2.05) is 42.8 Å². The lowest BCUT2D eigenvalue weighted by Crippen LogP contribution is -2.07. The van der Waals surface area contributed by atoms with Gasteiger partial charge >= 0.3 is 5.97 Å². The molecule has 0 aliphatic rings. The van der Waals surface area contributed by atoms with Gasteiger partial charge in [0.05, 0.1) is 5.75 Å². The van der Waals surface area contributed by atoms with Crippen molar-refractivity contribution in [2.24, 2.45) is 0 Å². The lowest BCUT2D eigenvalue weighted by molar-refractivity contribution is -0.142. The van der Waals surface area contributed by atoms with Gasteiger partial charge in [-0.2, -0.15) is 16.3 Å². The maximum Gasteiger partial charge on any atom is 0.316 e. The smallest absolute Gasteiger partial charge is 0.316 e. The molecule has 3 aromatic rings. The van der Waals surface area contributed by atoms with E-state index in [4.69, 9.17) is 9.26 Å². The van der Waals surface area contributed by atoms with Gasteiger partial charge in [0, 0.05) is 15.8 Å². The Labute approximate surface area is 148 Å². The van der Waals surface area contributed by atoms with Crippen LogP contribution in [0.25, 0.3) is 11.4 Å². The largest absolute Gasteiger partial charge is 0.455 e. The fraction of sp³-hybridized carbons (Fsp3) is 0.235. The number of thiophene rings is 1. The maximum absolute atomic E-state index is 11.9. The van der Waals surface area contributed by atoms with Gasteiger partial charge in [0.15, 0.2) is 6.61 Å². The predicted octanol–water partition coefficient (Wildman–Crippen LogP) is 4.25. The van der Waals surface area contributed by atoms with Gasteiger partial charge in [-0.3, -0.25) is 4.79 Å². The van der Waals surface area contributed by atoms with E-state index in [9.17, 15) is 4.79 Å². The molecule has 24 heavy (non-hydrogen) atoms. The first-order chi connectivity index (χ1) is 11.6. The van der Waals surface area contributed by atoms with Gasteiger partial charge in [0.1, 0.15) is 0 Å². The van der Waals surface area contributed by atoms with Crippen molar-refractivity contribution in [2.75, 3.05) is 5.75 Å². The molecule has 0 atom stereocenters. The van der Waals surface area contributed by atoms with Gasteiger partial charge in [-0.15, -0.1) is 11.8 Å². The van der Waals surface area contributed by atoms with E-state index in [0.717, 1.165) is 16.0 Å². The Morgan fingerprint density at radius 3 is 2.96 bits per heavy atom. The summed E-state index contributed by atoms with van der Waals surface area (Å²) in [6, 6.07) is 8.06. The summed E-state index contributed by atoms with van der Waals surface area (Å²) in [4.78, 5) is 17.2. The van der Waals surface area contributed by atoms with Gasteiger partial charge in [-0.25, -0.2) is 0 Å². The molecule has 3 rings (SSSR count). The molecular formula is C17H16N2O3S2. The zero-order valence-corrected chi connectivity index (χ0v) is 14.9. The summed E-state index contributed by atoms with van der Waals surface area (Å²) in [7, 11) is 0. The summed E-state index contributed by atoms with van der Waals surface area (Å²) < 4.78 is 10.3. The quantitative estimate of drug-likeness (QED) is 0.484. The molecule has 0 bridgehead atoms. The molecule has 1 aromatic carbocycles. The highest BCUT2D eigenvalue weighted by molar-refractivity contribution is 8.00. The minimum atomic E-state index is -0.310. The van der Waals surface area contributed by atoms with Gasteiger partial charge in [0.2, 0.25) is 5.82 Å². The van der Waals surface area contributed by atoms with Crippen LogP contribution < -0.4 is 0 Å². The second kappa shape index (κ2) is 7.63. The second-order valence-corrected chi connectivity index (χ2v) is 7.04. The zero-order valence-electron chi connectivity index (χ0n) is 13.3. The zero-order chi connectivity index (χ0) is 16.9. The van der Waals surface area contributed by atoms with E-state index in [2.05, 4.69) is 16.2 Å². The Morgan fingerprint density at radius 1 is 1.33 bits per heavy atom. The van der Waals surface area contributed by atoms with Crippen LogP contribution >= 0.6 is 23.1 Å². The highest BCUT2D eigenvalue weighted by Gasteiger charge is 2.12. The van der Waals surface area contributed by atoms with Gasteiger partial charge < -0.3 is 9.26 Å². The maximum atomic E-state index is 11.9. The number of thioether (sulfide) groups is 1. The Balaban J connectivity index is 1.49. The molecule has 7 heteroatoms. The third-order valence-electron chi connectivity index (χ3n) is 3.28. The molecule has 0 radical (unpaired) electrons. The average Bonchev–Trinajstić information content (AvgIpc) is 3.23. The Hall–Kier alpha value is -2.12. The third kappa shape index (κ3) is 4.24. The number of esters is 1. The SMILES string of the molecule is Cc1ccc(SCC(=O)OCc2nc(-c3ccsc3)no2)c(C)c1. The van der Waals surface area contributed by atoms with Crippen molar-refractivity contribution in [1.82, 2.24) is 10.1 Å². The highest BCUT2D eigenvalue weighted by Crippen LogP contribution is 2.23. The first-order valence-corrected chi connectivity index (χ1v) is 9.25. The van der Waals surface area contributed by atoms with Crippen molar-refractivity contribution in [3.05, 3.63) is 52.0 Å². The van der Waals surface area contributed by atoms with E-state index in [0.29, 0.717) is 11.7 Å². The first-order valence-electron chi connectivity index (χ1n) is 7.32. The van der Waals surface area contributed by atoms with E-state index in [-0.39, 0.29) is 18.3 Å². The minimum Gasteiger partial charge on any atom is -0.455 e. The minimum absolute atomic E-state index is 0.0105. The van der Waals surface area contributed by atoms with Crippen LogP contribution in [0.15, 0.2) is 44.4 Å². The van der Waals surface area contributed by atoms with E-state index < -0.39 is 0 Å². The number of carbonyl (C=O) groups excluding carboxylic acids is 1. The molecule has 2 heterocycles. The van der Waals surface area contributed by atoms with Crippen molar-refractivity contribution >= 4 is 29.1 Å². The van der Waals surface area contributed by atoms with E-state index >= 15 is 0 Å². The number of hydrogen-bond donors (Lipinski definition) is 0. The molecule has 0 spiro atoms. The fourth-order valence-corrected chi connectivity index (χ4v) is 3.55. The van der Waals surface area contributed by atoms with Crippen molar-refractivity contribution < 1.29 is 14.1 Å². The molecule has 0 aliphatic heterocycles. The lowest BCUT2D eigenvalue weighted by Gasteiger charge is -2.06. The first kappa shape index (κ1) is 16.7. The van der Waals surface area contributed by atoms with E-state index in [1.54, 1.807) is 11.3 Å². The van der Waals surface area contributed by atoms with Crippen LogP contribution in [0.2, 0.25) is 0 Å². The number of aryl methyl sites for hydroxylation is 2. The molecule has 0 saturated heterocycles. The number of benzene rings is 1. The van der Waals surface area contributed by atoms with Crippen LogP contribution in [-0.2, 0) is 16.1 Å². The molecule has 5 nitrogen and oxygen atoms in total. The van der Waals surface area contributed by atoms with Crippen molar-refractivity contribution in [3.8, 4) is 11.4 Å². The molecular weight excluding hydrogens is 344 g/mol. The van der Waals surface area contributed by atoms with Gasteiger partial charge in [-0.1, -0.05) is 22.9 Å². The lowest BCUT2D eigenvalue weighted by atomic mass is 10.2. The summed E-state index contributed by atoms with van der Waals surface area (Å²) in [6.07, 6.45) is 0. The van der Waals surface area contributed by atoms with Crippen LogP contribution in [0.5, 0.6) is 0 Å². The predicted molar refractivity (Wildman–Crippen MR) is 94.0 cm³/mol. The Morgan fingerprint density at radius 2 is 2.21 bits per heavy atom. The van der Waals surface area contributed by atoms with Gasteiger partial charge in [-0.05, 0) is 36.9 Å². The van der Waals surface area contributed by atoms with Gasteiger partial charge in [0.25, 0.3) is 5.89 Å². The normalized spacial score (nSPS) is 10.8. The highest BCUT2D eigenvalue weighted by atomic mass is 32.2. The molecule has 124 valence electrons. The summed E-state index contributed by atoms with van der Waals surface area (Å²) in [6.45, 7) is 4.07. The Kier molecular flexibility index (Phi) is 5.32. The molecule has 0 amide bonds. The van der Waals surface area contributed by atoms with Crippen LogP contribution in [0.3, 0.4) is 0 Å². The van der Waals surface area contributed by atoms with Crippen molar-refractivity contribution in [1.29, 1.82) is 0 Å². The molecule has 0 N–H and O–H groups in total. The number of nitrogens with zero attached hydrogens (tertiary/aromatic N) is 2. The van der Waals surface area contributed by atoms with Crippen molar-refractivity contribution in [2.45, 2.75) is 25.3 Å². The molecule has 0 aliphatic carbocycles. The standard InChI is InChI=1S/C17H16N2O3S2/c1-11-3-4-14(12(2)7-11)24-10-16(20)21-8-15-18-17(19-22-15)13-5-6-23-9-13/h3-7,9H,8,10H2,1-2H3. The molecule has 0 fully saturated rings.